The number of aromatic nitrogens is 2. The molecule has 0 aliphatic carbocycles. The molecule has 6 nitrogen and oxygen atoms in total. The SMILES string of the molecule is CNC1CN(c2ccc(C)c(C(=O)N[C@H](C)c3cc(-c4cnn(C)c4)cc(C(C)C)c3)c2)C1. The standard InChI is InChI=1S/C27H35N5O/c1-17(2)20-9-21(11-22(10-20)23-13-29-31(6)14-23)19(4)30-27(33)26-12-25(8-7-18(26)3)32-15-24(16-32)28-5/h7-14,17,19,24,28H,15-16H2,1-6H3,(H,30,33)/t19-/m1/s1. The third kappa shape index (κ3) is 4.96. The van der Waals surface area contributed by atoms with Gasteiger partial charge in [0.15, 0.2) is 0 Å². The van der Waals surface area contributed by atoms with Crippen molar-refractivity contribution in [2.45, 2.75) is 45.7 Å². The molecule has 0 bridgehead atoms. The van der Waals surface area contributed by atoms with E-state index in [-0.39, 0.29) is 11.9 Å². The summed E-state index contributed by atoms with van der Waals surface area (Å²) in [5, 5.41) is 10.9. The fourth-order valence-corrected chi connectivity index (χ4v) is 4.28. The summed E-state index contributed by atoms with van der Waals surface area (Å²) in [4.78, 5) is 15.6. The molecular weight excluding hydrogens is 410 g/mol. The molecule has 2 aromatic carbocycles. The van der Waals surface area contributed by atoms with Crippen LogP contribution in [0, 0.1) is 6.92 Å². The van der Waals surface area contributed by atoms with E-state index in [0.717, 1.165) is 46.6 Å². The molecule has 0 spiro atoms. The Morgan fingerprint density at radius 1 is 1.06 bits per heavy atom. The summed E-state index contributed by atoms with van der Waals surface area (Å²) in [6, 6.07) is 13.2. The molecule has 4 rings (SSSR count). The number of carbonyl (C=O) groups excluding carboxylic acids is 1. The molecule has 1 aromatic heterocycles. The van der Waals surface area contributed by atoms with Crippen LogP contribution in [0.25, 0.3) is 11.1 Å². The molecule has 0 radical (unpaired) electrons. The summed E-state index contributed by atoms with van der Waals surface area (Å²) in [5.74, 6) is 0.352. The monoisotopic (exact) mass is 445 g/mol. The van der Waals surface area contributed by atoms with Gasteiger partial charge >= 0.3 is 0 Å². The van der Waals surface area contributed by atoms with E-state index in [9.17, 15) is 4.79 Å². The predicted octanol–water partition coefficient (Wildman–Crippen LogP) is 4.42. The lowest BCUT2D eigenvalue weighted by Gasteiger charge is -2.41. The second-order valence-electron chi connectivity index (χ2n) is 9.53. The summed E-state index contributed by atoms with van der Waals surface area (Å²) in [6.45, 7) is 10.4. The molecule has 2 heterocycles. The van der Waals surface area contributed by atoms with Crippen molar-refractivity contribution in [2.75, 3.05) is 25.0 Å². The van der Waals surface area contributed by atoms with Crippen LogP contribution in [-0.2, 0) is 7.05 Å². The number of anilines is 1. The van der Waals surface area contributed by atoms with E-state index in [1.807, 2.05) is 50.2 Å². The van der Waals surface area contributed by atoms with Gasteiger partial charge in [0.1, 0.15) is 0 Å². The molecular formula is C27H35N5O. The quantitative estimate of drug-likeness (QED) is 0.565. The number of rotatable bonds is 7. The molecule has 2 N–H and O–H groups in total. The number of hydrogen-bond donors (Lipinski definition) is 2. The van der Waals surface area contributed by atoms with Gasteiger partial charge in [0, 0.05) is 49.2 Å². The van der Waals surface area contributed by atoms with E-state index in [1.165, 1.54) is 5.56 Å². The second-order valence-corrected chi connectivity index (χ2v) is 9.53. The van der Waals surface area contributed by atoms with E-state index in [4.69, 9.17) is 0 Å². The van der Waals surface area contributed by atoms with Gasteiger partial charge in [0.05, 0.1) is 12.2 Å². The molecule has 0 unspecified atom stereocenters. The van der Waals surface area contributed by atoms with Crippen molar-refractivity contribution in [3.8, 4) is 11.1 Å². The van der Waals surface area contributed by atoms with Crippen molar-refractivity contribution < 1.29 is 4.79 Å². The maximum absolute atomic E-state index is 13.3. The van der Waals surface area contributed by atoms with Crippen LogP contribution in [-0.4, -0.2) is 41.9 Å². The molecule has 0 saturated carbocycles. The van der Waals surface area contributed by atoms with E-state index in [2.05, 4.69) is 65.7 Å². The molecule has 33 heavy (non-hydrogen) atoms. The van der Waals surface area contributed by atoms with Crippen LogP contribution in [0.15, 0.2) is 48.8 Å². The van der Waals surface area contributed by atoms with E-state index in [1.54, 1.807) is 0 Å². The first-order valence-electron chi connectivity index (χ1n) is 11.7. The van der Waals surface area contributed by atoms with E-state index in [0.29, 0.717) is 12.0 Å². The number of hydrogen-bond acceptors (Lipinski definition) is 4. The van der Waals surface area contributed by atoms with Crippen molar-refractivity contribution in [3.63, 3.8) is 0 Å². The van der Waals surface area contributed by atoms with Crippen LogP contribution in [0.2, 0.25) is 0 Å². The number of amides is 1. The summed E-state index contributed by atoms with van der Waals surface area (Å²) in [5.41, 5.74) is 7.38. The topological polar surface area (TPSA) is 62.2 Å². The number of aryl methyl sites for hydroxylation is 2. The van der Waals surface area contributed by atoms with Crippen molar-refractivity contribution in [1.29, 1.82) is 0 Å². The lowest BCUT2D eigenvalue weighted by atomic mass is 9.93. The first kappa shape index (κ1) is 23.1. The Balaban J connectivity index is 1.56. The highest BCUT2D eigenvalue weighted by Crippen LogP contribution is 2.29. The normalized spacial score (nSPS) is 14.9. The van der Waals surface area contributed by atoms with Gasteiger partial charge in [-0.1, -0.05) is 32.0 Å². The zero-order chi connectivity index (χ0) is 23.7. The Kier molecular flexibility index (Phi) is 6.56. The highest BCUT2D eigenvalue weighted by Gasteiger charge is 2.26. The van der Waals surface area contributed by atoms with E-state index < -0.39 is 0 Å². The van der Waals surface area contributed by atoms with Crippen LogP contribution in [0.1, 0.15) is 59.8 Å². The Labute approximate surface area is 197 Å². The first-order chi connectivity index (χ1) is 15.7. The molecule has 1 saturated heterocycles. The van der Waals surface area contributed by atoms with Crippen LogP contribution in [0.5, 0.6) is 0 Å². The Morgan fingerprint density at radius 3 is 2.42 bits per heavy atom. The number of nitrogens with zero attached hydrogens (tertiary/aromatic N) is 3. The maximum atomic E-state index is 13.3. The minimum atomic E-state index is -0.118. The molecule has 1 atom stereocenters. The number of benzene rings is 2. The van der Waals surface area contributed by atoms with Crippen molar-refractivity contribution >= 4 is 11.6 Å². The summed E-state index contributed by atoms with van der Waals surface area (Å²) < 4.78 is 1.81. The third-order valence-corrected chi connectivity index (χ3v) is 6.65. The molecule has 1 aliphatic heterocycles. The Hall–Kier alpha value is -3.12. The highest BCUT2D eigenvalue weighted by atomic mass is 16.1. The average Bonchev–Trinajstić information content (AvgIpc) is 3.20. The van der Waals surface area contributed by atoms with Gasteiger partial charge < -0.3 is 15.5 Å². The number of nitrogens with one attached hydrogen (secondary N) is 2. The molecule has 3 aromatic rings. The smallest absolute Gasteiger partial charge is 0.252 e. The van der Waals surface area contributed by atoms with Gasteiger partial charge in [-0.2, -0.15) is 5.10 Å². The van der Waals surface area contributed by atoms with Gasteiger partial charge in [0.25, 0.3) is 5.91 Å². The van der Waals surface area contributed by atoms with Gasteiger partial charge in [-0.3, -0.25) is 9.48 Å². The summed E-state index contributed by atoms with van der Waals surface area (Å²) in [6.07, 6.45) is 3.91. The first-order valence-corrected chi connectivity index (χ1v) is 11.7. The van der Waals surface area contributed by atoms with Gasteiger partial charge in [-0.05, 0) is 67.3 Å². The molecule has 6 heteroatoms. The predicted molar refractivity (Wildman–Crippen MR) is 135 cm³/mol. The number of likely N-dealkylation sites (N-methyl/N-ethyl adjacent to an activating group) is 1. The zero-order valence-corrected chi connectivity index (χ0v) is 20.5. The lowest BCUT2D eigenvalue weighted by molar-refractivity contribution is 0.0939. The Bertz CT molecular complexity index is 1140. The largest absolute Gasteiger partial charge is 0.368 e. The molecule has 1 aliphatic rings. The highest BCUT2D eigenvalue weighted by molar-refractivity contribution is 5.97. The summed E-state index contributed by atoms with van der Waals surface area (Å²) in [7, 11) is 3.92. The van der Waals surface area contributed by atoms with Gasteiger partial charge in [-0.15, -0.1) is 0 Å². The van der Waals surface area contributed by atoms with Crippen LogP contribution >= 0.6 is 0 Å². The van der Waals surface area contributed by atoms with Crippen molar-refractivity contribution in [2.24, 2.45) is 7.05 Å². The lowest BCUT2D eigenvalue weighted by Crippen LogP contribution is -2.57. The fraction of sp³-hybridized carbons (Fsp3) is 0.407. The van der Waals surface area contributed by atoms with Crippen LogP contribution in [0.4, 0.5) is 5.69 Å². The average molecular weight is 446 g/mol. The van der Waals surface area contributed by atoms with Crippen molar-refractivity contribution in [1.82, 2.24) is 20.4 Å². The molecule has 1 amide bonds. The number of carbonyl (C=O) groups is 1. The van der Waals surface area contributed by atoms with Crippen molar-refractivity contribution in [3.05, 3.63) is 71.0 Å². The van der Waals surface area contributed by atoms with Crippen LogP contribution in [0.3, 0.4) is 0 Å². The minimum absolute atomic E-state index is 0.0367. The second kappa shape index (κ2) is 9.40. The minimum Gasteiger partial charge on any atom is -0.368 e. The van der Waals surface area contributed by atoms with Crippen LogP contribution < -0.4 is 15.5 Å². The Morgan fingerprint density at radius 2 is 1.79 bits per heavy atom. The molecule has 174 valence electrons. The summed E-state index contributed by atoms with van der Waals surface area (Å²) >= 11 is 0. The fourth-order valence-electron chi connectivity index (χ4n) is 4.28. The zero-order valence-electron chi connectivity index (χ0n) is 20.5. The maximum Gasteiger partial charge on any atom is 0.252 e. The van der Waals surface area contributed by atoms with Gasteiger partial charge in [0.2, 0.25) is 0 Å². The third-order valence-electron chi connectivity index (χ3n) is 6.65. The molecule has 1 fully saturated rings. The van der Waals surface area contributed by atoms with E-state index >= 15 is 0 Å². The van der Waals surface area contributed by atoms with Gasteiger partial charge in [-0.25, -0.2) is 0 Å².